The molecular weight excluding hydrogens is 346 g/mol. The number of carbonyl (C=O) groups is 2. The van der Waals surface area contributed by atoms with Crippen LogP contribution in [0.4, 0.5) is 0 Å². The van der Waals surface area contributed by atoms with Crippen molar-refractivity contribution in [2.45, 2.75) is 18.8 Å². The summed E-state index contributed by atoms with van der Waals surface area (Å²) in [5.74, 6) is 9.03. The number of aliphatic hydroxyl groups excluding tert-OH is 1. The van der Waals surface area contributed by atoms with E-state index in [0.29, 0.717) is 5.56 Å². The second-order valence-corrected chi connectivity index (χ2v) is 5.58. The van der Waals surface area contributed by atoms with Crippen LogP contribution >= 0.6 is 0 Å². The van der Waals surface area contributed by atoms with Crippen molar-refractivity contribution in [2.75, 3.05) is 0 Å². The first kappa shape index (κ1) is 19.7. The minimum Gasteiger partial charge on any atom is -0.388 e. The van der Waals surface area contributed by atoms with E-state index in [1.165, 1.54) is 12.1 Å². The lowest BCUT2D eigenvalue weighted by Crippen LogP contribution is -2.63. The number of aliphatic hydroxyl groups is 2. The van der Waals surface area contributed by atoms with E-state index in [1.54, 1.807) is 30.6 Å². The van der Waals surface area contributed by atoms with Crippen LogP contribution in [0.3, 0.4) is 0 Å². The smallest absolute Gasteiger partial charge is 0.273 e. The average molecular weight is 363 g/mol. The summed E-state index contributed by atoms with van der Waals surface area (Å²) in [4.78, 5) is 27.4. The molecule has 1 aromatic heterocycles. The molecule has 136 valence electrons. The molecule has 0 fully saturated rings. The van der Waals surface area contributed by atoms with E-state index in [0.717, 1.165) is 12.5 Å². The number of benzene rings is 1. The van der Waals surface area contributed by atoms with E-state index in [1.807, 2.05) is 11.4 Å². The van der Waals surface area contributed by atoms with Crippen molar-refractivity contribution >= 4 is 11.8 Å². The van der Waals surface area contributed by atoms with E-state index in [2.05, 4.69) is 28.7 Å². The van der Waals surface area contributed by atoms with Gasteiger partial charge in [0.2, 0.25) is 5.72 Å². The molecule has 5 N–H and O–H groups in total. The fourth-order valence-corrected chi connectivity index (χ4v) is 1.97. The first-order valence-electron chi connectivity index (χ1n) is 7.88. The van der Waals surface area contributed by atoms with Gasteiger partial charge in [0.15, 0.2) is 0 Å². The quantitative estimate of drug-likeness (QED) is 0.441. The predicted octanol–water partition coefficient (Wildman–Crippen LogP) is -0.231. The van der Waals surface area contributed by atoms with Crippen molar-refractivity contribution < 1.29 is 19.8 Å². The first-order chi connectivity index (χ1) is 12.8. The Balaban J connectivity index is 2.07. The summed E-state index contributed by atoms with van der Waals surface area (Å²) in [5.41, 5.74) is 4.00. The van der Waals surface area contributed by atoms with Gasteiger partial charge in [-0.1, -0.05) is 11.8 Å². The number of carbonyl (C=O) groups excluding carboxylic acids is 2. The van der Waals surface area contributed by atoms with Crippen LogP contribution in [0.5, 0.6) is 0 Å². The number of pyridine rings is 1. The Kier molecular flexibility index (Phi) is 6.29. The zero-order valence-corrected chi connectivity index (χ0v) is 14.4. The van der Waals surface area contributed by atoms with Gasteiger partial charge < -0.3 is 21.3 Å². The van der Waals surface area contributed by atoms with Crippen LogP contribution in [0.2, 0.25) is 0 Å². The van der Waals surface area contributed by atoms with Gasteiger partial charge in [0, 0.05) is 29.1 Å². The fraction of sp³-hybridized carbons (Fsp3) is 0.150. The molecule has 7 heteroatoms. The van der Waals surface area contributed by atoms with Gasteiger partial charge in [-0.2, -0.15) is 0 Å². The maximum absolute atomic E-state index is 12.1. The number of hydrogen-bond donors (Lipinski definition) is 4. The average Bonchev–Trinajstić information content (AvgIpc) is 2.66. The molecule has 0 aliphatic rings. The number of primary amides is 1. The van der Waals surface area contributed by atoms with Crippen molar-refractivity contribution in [3.05, 3.63) is 65.5 Å². The van der Waals surface area contributed by atoms with Gasteiger partial charge in [0.1, 0.15) is 6.10 Å². The molecule has 1 aromatic carbocycles. The topological polar surface area (TPSA) is 126 Å². The summed E-state index contributed by atoms with van der Waals surface area (Å²) in [6.07, 6.45) is 1.70. The fourth-order valence-electron chi connectivity index (χ4n) is 1.97. The minimum absolute atomic E-state index is 0.155. The van der Waals surface area contributed by atoms with Crippen LogP contribution < -0.4 is 11.1 Å². The van der Waals surface area contributed by atoms with Crippen LogP contribution in [-0.4, -0.2) is 38.8 Å². The highest BCUT2D eigenvalue weighted by molar-refractivity contribution is 5.98. The molecular formula is C20H17N3O4. The van der Waals surface area contributed by atoms with Gasteiger partial charge >= 0.3 is 0 Å². The maximum atomic E-state index is 12.1. The normalized spacial score (nSPS) is 13.0. The second-order valence-electron chi connectivity index (χ2n) is 5.58. The van der Waals surface area contributed by atoms with E-state index < -0.39 is 23.6 Å². The van der Waals surface area contributed by atoms with E-state index in [4.69, 9.17) is 5.73 Å². The van der Waals surface area contributed by atoms with Gasteiger partial charge in [-0.15, -0.1) is 0 Å². The Morgan fingerprint density at radius 3 is 2.30 bits per heavy atom. The molecule has 1 heterocycles. The van der Waals surface area contributed by atoms with Crippen molar-refractivity contribution in [1.82, 2.24) is 10.3 Å². The number of nitrogens with zero attached hydrogens (tertiary/aromatic N) is 1. The number of nitrogens with one attached hydrogen (secondary N) is 1. The van der Waals surface area contributed by atoms with Crippen LogP contribution in [0, 0.1) is 23.7 Å². The number of hydrogen-bond acceptors (Lipinski definition) is 5. The molecule has 0 radical (unpaired) electrons. The van der Waals surface area contributed by atoms with E-state index in [-0.39, 0.29) is 5.56 Å². The van der Waals surface area contributed by atoms with Gasteiger partial charge in [0.05, 0.1) is 0 Å². The Labute approximate surface area is 156 Å². The zero-order valence-electron chi connectivity index (χ0n) is 14.4. The third-order valence-electron chi connectivity index (χ3n) is 3.57. The Morgan fingerprint density at radius 1 is 1.15 bits per heavy atom. The Morgan fingerprint density at radius 2 is 1.78 bits per heavy atom. The lowest BCUT2D eigenvalue weighted by molar-refractivity contribution is -0.151. The molecule has 0 aliphatic heterocycles. The first-order valence-corrected chi connectivity index (χ1v) is 7.88. The Bertz CT molecular complexity index is 948. The maximum Gasteiger partial charge on any atom is 0.273 e. The van der Waals surface area contributed by atoms with Crippen molar-refractivity contribution in [3.63, 3.8) is 0 Å². The highest BCUT2D eigenvalue weighted by atomic mass is 16.4. The molecule has 0 aliphatic carbocycles. The monoisotopic (exact) mass is 363 g/mol. The van der Waals surface area contributed by atoms with Crippen LogP contribution in [0.25, 0.3) is 0 Å². The lowest BCUT2D eigenvalue weighted by atomic mass is 10.1. The highest BCUT2D eigenvalue weighted by Crippen LogP contribution is 2.09. The van der Waals surface area contributed by atoms with Gasteiger partial charge in [-0.25, -0.2) is 0 Å². The van der Waals surface area contributed by atoms with Crippen molar-refractivity contribution in [2.24, 2.45) is 5.73 Å². The molecule has 2 atom stereocenters. The summed E-state index contributed by atoms with van der Waals surface area (Å²) in [6.45, 7) is 1.14. The summed E-state index contributed by atoms with van der Waals surface area (Å²) < 4.78 is 0. The second kappa shape index (κ2) is 8.63. The molecule has 0 spiro atoms. The third-order valence-corrected chi connectivity index (χ3v) is 3.57. The molecule has 0 bridgehead atoms. The van der Waals surface area contributed by atoms with Crippen LogP contribution in [0.15, 0.2) is 48.8 Å². The summed E-state index contributed by atoms with van der Waals surface area (Å²) in [5, 5.41) is 21.5. The molecule has 2 aromatic rings. The summed E-state index contributed by atoms with van der Waals surface area (Å²) >= 11 is 0. The summed E-state index contributed by atoms with van der Waals surface area (Å²) in [7, 11) is 0. The van der Waals surface area contributed by atoms with Crippen LogP contribution in [0.1, 0.15) is 28.4 Å². The highest BCUT2D eigenvalue weighted by Gasteiger charge is 2.41. The number of nitrogens with two attached hydrogens (primary N) is 1. The largest absolute Gasteiger partial charge is 0.388 e. The van der Waals surface area contributed by atoms with E-state index >= 15 is 0 Å². The Hall–Kier alpha value is -3.65. The SMILES string of the molecule is C[C@@H](O)[C@@](O)(NC(=O)c1ccc(C#CC#Cc2cccnc2)cc1)C(N)=O. The van der Waals surface area contributed by atoms with Gasteiger partial charge in [0.25, 0.3) is 11.8 Å². The summed E-state index contributed by atoms with van der Waals surface area (Å²) in [6, 6.07) is 9.67. The van der Waals surface area contributed by atoms with Crippen LogP contribution in [-0.2, 0) is 4.79 Å². The zero-order chi connectivity index (χ0) is 19.9. The number of amides is 2. The van der Waals surface area contributed by atoms with Gasteiger partial charge in [-0.3, -0.25) is 14.6 Å². The van der Waals surface area contributed by atoms with Crippen molar-refractivity contribution in [1.29, 1.82) is 0 Å². The molecule has 0 saturated heterocycles. The third kappa shape index (κ3) is 5.16. The standard InChI is InChI=1S/C20H17N3O4/c1-14(24)20(27,19(21)26)23-18(25)17-10-8-15(9-11-17)5-2-3-6-16-7-4-12-22-13-16/h4,7-14,24,27H,1H3,(H2,21,26)(H,23,25)/t14-,20+/m1/s1. The minimum atomic E-state index is -2.56. The van der Waals surface area contributed by atoms with Gasteiger partial charge in [-0.05, 0) is 55.2 Å². The van der Waals surface area contributed by atoms with E-state index in [9.17, 15) is 19.8 Å². The number of rotatable bonds is 4. The molecule has 2 amide bonds. The molecule has 27 heavy (non-hydrogen) atoms. The lowest BCUT2D eigenvalue weighted by Gasteiger charge is -2.28. The predicted molar refractivity (Wildman–Crippen MR) is 97.7 cm³/mol. The molecule has 0 saturated carbocycles. The molecule has 0 unspecified atom stereocenters. The molecule has 7 nitrogen and oxygen atoms in total. The number of aromatic nitrogens is 1. The van der Waals surface area contributed by atoms with Crippen molar-refractivity contribution in [3.8, 4) is 23.7 Å². The molecule has 2 rings (SSSR count).